The van der Waals surface area contributed by atoms with E-state index in [0.717, 1.165) is 30.6 Å². The molecule has 1 aromatic heterocycles. The SMILES string of the molecule is CCCCc1cc(C(=O)O)ccc1OCCCNc1cnn(C(C)C)c(=O)c1Br. The first-order valence-electron chi connectivity index (χ1n) is 9.85. The number of aromatic nitrogens is 2. The first kappa shape index (κ1) is 22.9. The third-order valence-electron chi connectivity index (χ3n) is 4.43. The third kappa shape index (κ3) is 6.32. The van der Waals surface area contributed by atoms with E-state index in [-0.39, 0.29) is 17.2 Å². The van der Waals surface area contributed by atoms with Gasteiger partial charge in [0.05, 0.1) is 30.1 Å². The summed E-state index contributed by atoms with van der Waals surface area (Å²) >= 11 is 3.34. The summed E-state index contributed by atoms with van der Waals surface area (Å²) in [7, 11) is 0. The molecule has 0 bridgehead atoms. The first-order valence-corrected chi connectivity index (χ1v) is 10.6. The highest BCUT2D eigenvalue weighted by Gasteiger charge is 2.11. The Morgan fingerprint density at radius 2 is 2.10 bits per heavy atom. The Kier molecular flexibility index (Phi) is 8.70. The largest absolute Gasteiger partial charge is 0.493 e. The summed E-state index contributed by atoms with van der Waals surface area (Å²) in [5.74, 6) is -0.206. The first-order chi connectivity index (χ1) is 13.8. The van der Waals surface area contributed by atoms with Crippen molar-refractivity contribution in [2.75, 3.05) is 18.5 Å². The van der Waals surface area contributed by atoms with Gasteiger partial charge in [0.15, 0.2) is 0 Å². The van der Waals surface area contributed by atoms with Crippen molar-refractivity contribution in [3.8, 4) is 5.75 Å². The monoisotopic (exact) mass is 465 g/mol. The number of hydrogen-bond donors (Lipinski definition) is 2. The number of halogens is 1. The molecule has 0 saturated carbocycles. The molecule has 0 spiro atoms. The van der Waals surface area contributed by atoms with Gasteiger partial charge in [0.1, 0.15) is 10.2 Å². The quantitative estimate of drug-likeness (QED) is 0.474. The molecule has 0 atom stereocenters. The van der Waals surface area contributed by atoms with Crippen LogP contribution in [0.3, 0.4) is 0 Å². The van der Waals surface area contributed by atoms with Crippen LogP contribution in [-0.2, 0) is 6.42 Å². The topological polar surface area (TPSA) is 93.4 Å². The van der Waals surface area contributed by atoms with Crippen LogP contribution in [0.4, 0.5) is 5.69 Å². The minimum absolute atomic E-state index is 0.00401. The third-order valence-corrected chi connectivity index (χ3v) is 5.20. The van der Waals surface area contributed by atoms with Crippen LogP contribution in [0.1, 0.15) is 62.0 Å². The van der Waals surface area contributed by atoms with E-state index >= 15 is 0 Å². The fraction of sp³-hybridized carbons (Fsp3) is 0.476. The molecular weight excluding hydrogens is 438 g/mol. The summed E-state index contributed by atoms with van der Waals surface area (Å²) in [5.41, 5.74) is 1.68. The Hall–Kier alpha value is -2.35. The predicted molar refractivity (Wildman–Crippen MR) is 117 cm³/mol. The molecule has 0 amide bonds. The molecule has 158 valence electrons. The maximum absolute atomic E-state index is 12.3. The van der Waals surface area contributed by atoms with Gasteiger partial charge in [-0.05, 0) is 72.8 Å². The maximum Gasteiger partial charge on any atom is 0.335 e. The fourth-order valence-electron chi connectivity index (χ4n) is 2.83. The zero-order chi connectivity index (χ0) is 21.4. The fourth-order valence-corrected chi connectivity index (χ4v) is 3.25. The van der Waals surface area contributed by atoms with Crippen molar-refractivity contribution in [2.24, 2.45) is 0 Å². The number of carboxylic acids is 1. The highest BCUT2D eigenvalue weighted by Crippen LogP contribution is 2.23. The minimum atomic E-state index is -0.933. The van der Waals surface area contributed by atoms with E-state index in [2.05, 4.69) is 33.3 Å². The average molecular weight is 466 g/mol. The lowest BCUT2D eigenvalue weighted by molar-refractivity contribution is 0.0696. The van der Waals surface area contributed by atoms with Gasteiger partial charge in [-0.15, -0.1) is 0 Å². The number of hydrogen-bond acceptors (Lipinski definition) is 5. The van der Waals surface area contributed by atoms with Crippen molar-refractivity contribution in [1.29, 1.82) is 0 Å². The molecule has 2 rings (SSSR count). The second kappa shape index (κ2) is 11.0. The van der Waals surface area contributed by atoms with Crippen LogP contribution in [0, 0.1) is 0 Å². The van der Waals surface area contributed by atoms with Crippen molar-refractivity contribution < 1.29 is 14.6 Å². The average Bonchev–Trinajstić information content (AvgIpc) is 2.69. The van der Waals surface area contributed by atoms with E-state index in [1.54, 1.807) is 24.4 Å². The Morgan fingerprint density at radius 3 is 2.76 bits per heavy atom. The molecule has 0 aliphatic rings. The Balaban J connectivity index is 1.91. The number of nitrogens with one attached hydrogen (secondary N) is 1. The van der Waals surface area contributed by atoms with Gasteiger partial charge < -0.3 is 15.2 Å². The van der Waals surface area contributed by atoms with E-state index in [9.17, 15) is 14.7 Å². The van der Waals surface area contributed by atoms with Crippen molar-refractivity contribution in [3.05, 3.63) is 50.3 Å². The normalized spacial score (nSPS) is 10.9. The summed E-state index contributed by atoms with van der Waals surface area (Å²) in [6.07, 6.45) is 5.15. The van der Waals surface area contributed by atoms with E-state index in [0.29, 0.717) is 29.7 Å². The highest BCUT2D eigenvalue weighted by molar-refractivity contribution is 9.10. The molecule has 1 aromatic carbocycles. The molecule has 0 unspecified atom stereocenters. The van der Waals surface area contributed by atoms with Crippen LogP contribution >= 0.6 is 15.9 Å². The lowest BCUT2D eigenvalue weighted by atomic mass is 10.0. The number of nitrogens with zero attached hydrogens (tertiary/aromatic N) is 2. The van der Waals surface area contributed by atoms with Crippen molar-refractivity contribution in [1.82, 2.24) is 9.78 Å². The number of ether oxygens (including phenoxy) is 1. The minimum Gasteiger partial charge on any atom is -0.493 e. The van der Waals surface area contributed by atoms with Crippen molar-refractivity contribution in [2.45, 2.75) is 52.5 Å². The molecule has 0 aliphatic heterocycles. The number of aryl methyl sites for hydroxylation is 1. The van der Waals surface area contributed by atoms with Crippen LogP contribution in [-0.4, -0.2) is 34.0 Å². The van der Waals surface area contributed by atoms with Gasteiger partial charge in [-0.25, -0.2) is 9.48 Å². The van der Waals surface area contributed by atoms with Crippen LogP contribution in [0.2, 0.25) is 0 Å². The van der Waals surface area contributed by atoms with Gasteiger partial charge in [0.2, 0.25) is 0 Å². The van der Waals surface area contributed by atoms with E-state index < -0.39 is 5.97 Å². The van der Waals surface area contributed by atoms with Crippen molar-refractivity contribution in [3.63, 3.8) is 0 Å². The van der Waals surface area contributed by atoms with Crippen LogP contribution in [0.5, 0.6) is 5.75 Å². The molecule has 7 nitrogen and oxygen atoms in total. The standard InChI is InChI=1S/C21H28BrN3O4/c1-4-5-7-15-12-16(21(27)28)8-9-18(15)29-11-6-10-23-17-13-24-25(14(2)3)20(26)19(17)22/h8-9,12-14,23H,4-7,10-11H2,1-3H3,(H,27,28). The molecule has 0 radical (unpaired) electrons. The van der Waals surface area contributed by atoms with Crippen LogP contribution in [0.25, 0.3) is 0 Å². The van der Waals surface area contributed by atoms with Crippen LogP contribution in [0.15, 0.2) is 33.7 Å². The summed E-state index contributed by atoms with van der Waals surface area (Å²) in [6, 6.07) is 4.99. The molecular formula is C21H28BrN3O4. The van der Waals surface area contributed by atoms with E-state index in [1.165, 1.54) is 4.68 Å². The number of benzene rings is 1. The molecule has 2 N–H and O–H groups in total. The van der Waals surface area contributed by atoms with Crippen molar-refractivity contribution >= 4 is 27.6 Å². The molecule has 1 heterocycles. The lowest BCUT2D eigenvalue weighted by Crippen LogP contribution is -2.26. The molecule has 8 heteroatoms. The smallest absolute Gasteiger partial charge is 0.335 e. The molecule has 0 saturated heterocycles. The van der Waals surface area contributed by atoms with Gasteiger partial charge in [0.25, 0.3) is 5.56 Å². The van der Waals surface area contributed by atoms with Gasteiger partial charge >= 0.3 is 5.97 Å². The maximum atomic E-state index is 12.3. The van der Waals surface area contributed by atoms with Gasteiger partial charge in [0, 0.05) is 6.54 Å². The summed E-state index contributed by atoms with van der Waals surface area (Å²) < 4.78 is 7.78. The molecule has 29 heavy (non-hydrogen) atoms. The predicted octanol–water partition coefficient (Wildman–Crippen LogP) is 4.51. The van der Waals surface area contributed by atoms with Gasteiger partial charge in [-0.3, -0.25) is 4.79 Å². The summed E-state index contributed by atoms with van der Waals surface area (Å²) in [6.45, 7) is 7.00. The zero-order valence-corrected chi connectivity index (χ0v) is 18.7. The molecule has 0 aliphatic carbocycles. The Morgan fingerprint density at radius 1 is 1.34 bits per heavy atom. The lowest BCUT2D eigenvalue weighted by Gasteiger charge is -2.14. The Labute approximate surface area is 179 Å². The second-order valence-electron chi connectivity index (χ2n) is 7.08. The summed E-state index contributed by atoms with van der Waals surface area (Å²) in [4.78, 5) is 23.5. The number of anilines is 1. The number of rotatable bonds is 11. The number of carbonyl (C=O) groups is 1. The summed E-state index contributed by atoms with van der Waals surface area (Å²) in [5, 5.41) is 16.6. The zero-order valence-electron chi connectivity index (χ0n) is 17.1. The second-order valence-corrected chi connectivity index (χ2v) is 7.87. The van der Waals surface area contributed by atoms with E-state index in [1.807, 2.05) is 13.8 Å². The highest BCUT2D eigenvalue weighted by atomic mass is 79.9. The molecule has 2 aromatic rings. The number of aromatic carboxylic acids is 1. The van der Waals surface area contributed by atoms with Crippen LogP contribution < -0.4 is 15.6 Å². The number of unbranched alkanes of at least 4 members (excludes halogenated alkanes) is 1. The van der Waals surface area contributed by atoms with Gasteiger partial charge in [-0.2, -0.15) is 5.10 Å². The molecule has 0 fully saturated rings. The number of carboxylic acid groups (broad SMARTS) is 1. The Bertz CT molecular complexity index is 896. The van der Waals surface area contributed by atoms with E-state index in [4.69, 9.17) is 4.74 Å². The van der Waals surface area contributed by atoms with Gasteiger partial charge in [-0.1, -0.05) is 13.3 Å².